The number of carbonyl (C=O) groups excluding carboxylic acids is 3. The van der Waals surface area contributed by atoms with Gasteiger partial charge in [-0.1, -0.05) is 84.0 Å². The lowest BCUT2D eigenvalue weighted by molar-refractivity contribution is -0.143. The molecule has 3 aromatic carbocycles. The Morgan fingerprint density at radius 1 is 0.864 bits per heavy atom. The molecule has 1 aromatic heterocycles. The van der Waals surface area contributed by atoms with Gasteiger partial charge in [-0.25, -0.2) is 0 Å². The van der Waals surface area contributed by atoms with Gasteiger partial charge in [-0.3, -0.25) is 14.4 Å². The maximum atomic E-state index is 14.4. The predicted octanol–water partition coefficient (Wildman–Crippen LogP) is 4.03. The van der Waals surface area contributed by atoms with E-state index >= 15 is 0 Å². The summed E-state index contributed by atoms with van der Waals surface area (Å²) in [6.45, 7) is 3.58. The molecule has 0 bridgehead atoms. The van der Waals surface area contributed by atoms with Crippen LogP contribution in [0.2, 0.25) is 0 Å². The Morgan fingerprint density at radius 2 is 1.52 bits per heavy atom. The highest BCUT2D eigenvalue weighted by molar-refractivity contribution is 5.93. The standard InChI is InChI=1S/C34H40N6O4/c1-34(2,35)19-18-29(41)39(5)28(22-24-16-17-25-14-10-11-15-26(25)20-24)32(42)40(6)27(21-23-12-8-7-9-13-23)31-36-30(37-44-31)33(43)38(3)4/h7-20,27-28H,21-22,35H2,1-6H3. The number of nitrogens with two attached hydrogens (primary N) is 1. The van der Waals surface area contributed by atoms with Gasteiger partial charge in [0.1, 0.15) is 12.1 Å². The summed E-state index contributed by atoms with van der Waals surface area (Å²) in [5.74, 6) is -1.07. The predicted molar refractivity (Wildman–Crippen MR) is 170 cm³/mol. The zero-order valence-electron chi connectivity index (χ0n) is 26.1. The average molecular weight is 597 g/mol. The Morgan fingerprint density at radius 3 is 2.18 bits per heavy atom. The molecule has 0 saturated heterocycles. The van der Waals surface area contributed by atoms with Crippen LogP contribution in [-0.2, 0) is 22.4 Å². The molecule has 10 heteroatoms. The number of benzene rings is 3. The van der Waals surface area contributed by atoms with Gasteiger partial charge in [0.2, 0.25) is 17.7 Å². The number of hydrogen-bond donors (Lipinski definition) is 1. The molecule has 4 rings (SSSR count). The van der Waals surface area contributed by atoms with Crippen LogP contribution in [0.5, 0.6) is 0 Å². The lowest BCUT2D eigenvalue weighted by Crippen LogP contribution is -2.50. The fourth-order valence-corrected chi connectivity index (χ4v) is 4.81. The Bertz CT molecular complexity index is 1640. The van der Waals surface area contributed by atoms with Crippen LogP contribution in [0.4, 0.5) is 0 Å². The Labute approximate surface area is 258 Å². The van der Waals surface area contributed by atoms with Crippen molar-refractivity contribution in [3.8, 4) is 0 Å². The van der Waals surface area contributed by atoms with Crippen LogP contribution in [0.15, 0.2) is 89.5 Å². The van der Waals surface area contributed by atoms with Gasteiger partial charge in [0, 0.05) is 52.6 Å². The molecule has 0 fully saturated rings. The molecule has 2 unspecified atom stereocenters. The van der Waals surface area contributed by atoms with E-state index in [1.807, 2.05) is 72.8 Å². The third-order valence-corrected chi connectivity index (χ3v) is 7.41. The first-order valence-electron chi connectivity index (χ1n) is 14.4. The number of hydrogen-bond acceptors (Lipinski definition) is 7. The molecule has 2 atom stereocenters. The number of fused-ring (bicyclic) bond motifs is 1. The fraction of sp³-hybridized carbons (Fsp3) is 0.324. The van der Waals surface area contributed by atoms with Crippen molar-refractivity contribution in [2.75, 3.05) is 28.2 Å². The minimum Gasteiger partial charge on any atom is -0.342 e. The maximum Gasteiger partial charge on any atom is 0.294 e. The van der Waals surface area contributed by atoms with Crippen LogP contribution in [0.1, 0.15) is 47.5 Å². The molecule has 0 spiro atoms. The van der Waals surface area contributed by atoms with Crippen molar-refractivity contribution in [2.24, 2.45) is 5.73 Å². The molecule has 2 N–H and O–H groups in total. The van der Waals surface area contributed by atoms with Crippen molar-refractivity contribution in [2.45, 2.75) is 44.3 Å². The smallest absolute Gasteiger partial charge is 0.294 e. The first-order valence-corrected chi connectivity index (χ1v) is 14.4. The van der Waals surface area contributed by atoms with E-state index in [4.69, 9.17) is 10.3 Å². The van der Waals surface area contributed by atoms with E-state index in [0.29, 0.717) is 6.42 Å². The van der Waals surface area contributed by atoms with Crippen LogP contribution in [0.3, 0.4) is 0 Å². The molecule has 44 heavy (non-hydrogen) atoms. The average Bonchev–Trinajstić information content (AvgIpc) is 3.50. The van der Waals surface area contributed by atoms with Crippen LogP contribution in [0, 0.1) is 0 Å². The normalized spacial score (nSPS) is 13.1. The van der Waals surface area contributed by atoms with Crippen molar-refractivity contribution in [3.63, 3.8) is 0 Å². The minimum absolute atomic E-state index is 0.0987. The Kier molecular flexibility index (Phi) is 9.95. The van der Waals surface area contributed by atoms with Crippen LogP contribution < -0.4 is 5.73 Å². The summed E-state index contributed by atoms with van der Waals surface area (Å²) in [7, 11) is 6.46. The van der Waals surface area contributed by atoms with Gasteiger partial charge >= 0.3 is 0 Å². The highest BCUT2D eigenvalue weighted by Crippen LogP contribution is 2.26. The summed E-state index contributed by atoms with van der Waals surface area (Å²) < 4.78 is 5.56. The number of nitrogens with zero attached hydrogens (tertiary/aromatic N) is 5. The van der Waals surface area contributed by atoms with E-state index in [1.165, 1.54) is 20.8 Å². The molecule has 0 saturated carbocycles. The van der Waals surface area contributed by atoms with E-state index in [1.54, 1.807) is 48.1 Å². The van der Waals surface area contributed by atoms with Gasteiger partial charge < -0.3 is 25.0 Å². The van der Waals surface area contributed by atoms with Crippen LogP contribution in [-0.4, -0.2) is 82.3 Å². The molecular formula is C34H40N6O4. The largest absolute Gasteiger partial charge is 0.342 e. The molecule has 230 valence electrons. The van der Waals surface area contributed by atoms with Crippen molar-refractivity contribution in [3.05, 3.63) is 108 Å². The summed E-state index contributed by atoms with van der Waals surface area (Å²) in [6.07, 6.45) is 3.64. The molecule has 0 radical (unpaired) electrons. The first-order chi connectivity index (χ1) is 20.8. The molecular weight excluding hydrogens is 556 g/mol. The number of rotatable bonds is 11. The van der Waals surface area contributed by atoms with E-state index in [0.717, 1.165) is 21.9 Å². The Hall–Kier alpha value is -4.83. The van der Waals surface area contributed by atoms with Crippen molar-refractivity contribution >= 4 is 28.5 Å². The second-order valence-corrected chi connectivity index (χ2v) is 11.8. The highest BCUT2D eigenvalue weighted by Gasteiger charge is 2.35. The van der Waals surface area contributed by atoms with Gasteiger partial charge in [0.15, 0.2) is 0 Å². The molecule has 0 aliphatic carbocycles. The van der Waals surface area contributed by atoms with Crippen molar-refractivity contribution < 1.29 is 18.9 Å². The van der Waals surface area contributed by atoms with E-state index < -0.39 is 23.5 Å². The number of amides is 3. The van der Waals surface area contributed by atoms with Gasteiger partial charge in [0.25, 0.3) is 11.7 Å². The van der Waals surface area contributed by atoms with Gasteiger partial charge in [-0.05, 0) is 35.7 Å². The molecule has 0 aliphatic rings. The van der Waals surface area contributed by atoms with E-state index in [9.17, 15) is 14.4 Å². The zero-order valence-corrected chi connectivity index (χ0v) is 26.1. The van der Waals surface area contributed by atoms with Gasteiger partial charge in [0.05, 0.1) is 0 Å². The molecule has 0 aliphatic heterocycles. The van der Waals surface area contributed by atoms with Crippen molar-refractivity contribution in [1.29, 1.82) is 0 Å². The quantitative estimate of drug-likeness (QED) is 0.259. The maximum absolute atomic E-state index is 14.4. The Balaban J connectivity index is 1.72. The lowest BCUT2D eigenvalue weighted by Gasteiger charge is -2.33. The second kappa shape index (κ2) is 13.6. The fourth-order valence-electron chi connectivity index (χ4n) is 4.81. The topological polar surface area (TPSA) is 126 Å². The SMILES string of the molecule is CN(C)C(=O)c1noc(C(Cc2ccccc2)N(C)C(=O)C(Cc2ccc3ccccc3c2)N(C)C(=O)C=CC(C)(C)N)n1. The third kappa shape index (κ3) is 7.96. The molecule has 3 amide bonds. The molecule has 4 aromatic rings. The number of likely N-dealkylation sites (N-methyl/N-ethyl adjacent to an activating group) is 2. The summed E-state index contributed by atoms with van der Waals surface area (Å²) in [5.41, 5.74) is 7.21. The summed E-state index contributed by atoms with van der Waals surface area (Å²) in [4.78, 5) is 49.0. The highest BCUT2D eigenvalue weighted by atomic mass is 16.5. The van der Waals surface area contributed by atoms with Gasteiger partial charge in [-0.15, -0.1) is 0 Å². The van der Waals surface area contributed by atoms with Gasteiger partial charge in [-0.2, -0.15) is 4.98 Å². The van der Waals surface area contributed by atoms with Crippen LogP contribution in [0.25, 0.3) is 10.8 Å². The molecule has 10 nitrogen and oxygen atoms in total. The zero-order chi connectivity index (χ0) is 32.0. The summed E-state index contributed by atoms with van der Waals surface area (Å²) >= 11 is 0. The third-order valence-electron chi connectivity index (χ3n) is 7.41. The van der Waals surface area contributed by atoms with E-state index in [2.05, 4.69) is 10.1 Å². The number of aromatic nitrogens is 2. The number of carbonyl (C=O) groups is 3. The minimum atomic E-state index is -0.872. The van der Waals surface area contributed by atoms with Crippen molar-refractivity contribution in [1.82, 2.24) is 24.8 Å². The molecule has 1 heterocycles. The van der Waals surface area contributed by atoms with E-state index in [-0.39, 0.29) is 30.0 Å². The lowest BCUT2D eigenvalue weighted by atomic mass is 9.98. The summed E-state index contributed by atoms with van der Waals surface area (Å²) in [5, 5.41) is 6.01. The second-order valence-electron chi connectivity index (χ2n) is 11.8. The first kappa shape index (κ1) is 32.1. The monoisotopic (exact) mass is 596 g/mol. The summed E-state index contributed by atoms with van der Waals surface area (Å²) in [6, 6.07) is 22.0. The van der Waals surface area contributed by atoms with Crippen LogP contribution >= 0.6 is 0 Å².